The lowest BCUT2D eigenvalue weighted by molar-refractivity contribution is -0.155. The Balaban J connectivity index is 2.57. The summed E-state index contributed by atoms with van der Waals surface area (Å²) in [6, 6.07) is 0. The zero-order valence-electron chi connectivity index (χ0n) is 9.82. The summed E-state index contributed by atoms with van der Waals surface area (Å²) >= 11 is 0. The van der Waals surface area contributed by atoms with Gasteiger partial charge in [-0.3, -0.25) is 4.79 Å². The molecule has 0 aliphatic heterocycles. The highest BCUT2D eigenvalue weighted by Gasteiger charge is 2.32. The average molecular weight is 229 g/mol. The SMILES string of the molecule is CCC(=O)OC([C]1CCCCC1)C(O)CO. The van der Waals surface area contributed by atoms with Gasteiger partial charge in [-0.05, 0) is 12.8 Å². The third-order valence-electron chi connectivity index (χ3n) is 2.98. The minimum Gasteiger partial charge on any atom is -0.459 e. The molecule has 0 heterocycles. The van der Waals surface area contributed by atoms with E-state index in [1.165, 1.54) is 6.42 Å². The van der Waals surface area contributed by atoms with E-state index in [0.29, 0.717) is 6.42 Å². The molecule has 0 saturated heterocycles. The Bertz CT molecular complexity index is 211. The molecule has 2 atom stereocenters. The highest BCUT2D eigenvalue weighted by molar-refractivity contribution is 5.69. The fourth-order valence-electron chi connectivity index (χ4n) is 2.05. The monoisotopic (exact) mass is 229 g/mol. The van der Waals surface area contributed by atoms with Gasteiger partial charge in [0, 0.05) is 12.3 Å². The Labute approximate surface area is 96.6 Å². The molecule has 16 heavy (non-hydrogen) atoms. The first kappa shape index (κ1) is 13.5. The van der Waals surface area contributed by atoms with Crippen LogP contribution in [0.1, 0.15) is 45.4 Å². The van der Waals surface area contributed by atoms with E-state index in [1.54, 1.807) is 6.92 Å². The Morgan fingerprint density at radius 2 is 2.00 bits per heavy atom. The summed E-state index contributed by atoms with van der Waals surface area (Å²) in [5.74, 6) is 0.741. The molecule has 1 aliphatic rings. The second-order valence-electron chi connectivity index (χ2n) is 4.23. The predicted octanol–water partition coefficient (Wildman–Crippen LogP) is 1.20. The third kappa shape index (κ3) is 3.76. The first-order valence-corrected chi connectivity index (χ1v) is 6.02. The van der Waals surface area contributed by atoms with Crippen molar-refractivity contribution in [1.82, 2.24) is 0 Å². The van der Waals surface area contributed by atoms with Crippen molar-refractivity contribution in [2.24, 2.45) is 0 Å². The van der Waals surface area contributed by atoms with Gasteiger partial charge in [0.15, 0.2) is 0 Å². The number of aliphatic hydroxyl groups excluding tert-OH is 2. The van der Waals surface area contributed by atoms with Crippen molar-refractivity contribution in [2.75, 3.05) is 6.61 Å². The standard InChI is InChI=1S/C12H21O4/c1-2-11(15)16-12(10(14)8-13)9-6-4-3-5-7-9/h10,12-14H,2-8H2,1H3. The van der Waals surface area contributed by atoms with Gasteiger partial charge in [-0.15, -0.1) is 0 Å². The second kappa shape index (κ2) is 6.86. The number of esters is 1. The van der Waals surface area contributed by atoms with Gasteiger partial charge < -0.3 is 14.9 Å². The Hall–Kier alpha value is -0.610. The van der Waals surface area contributed by atoms with Crippen LogP contribution in [0.4, 0.5) is 0 Å². The zero-order valence-corrected chi connectivity index (χ0v) is 9.82. The summed E-state index contributed by atoms with van der Waals surface area (Å²) in [6.45, 7) is 1.35. The van der Waals surface area contributed by atoms with Crippen molar-refractivity contribution < 1.29 is 19.7 Å². The van der Waals surface area contributed by atoms with E-state index in [0.717, 1.165) is 31.6 Å². The van der Waals surface area contributed by atoms with Crippen LogP contribution in [-0.4, -0.2) is 35.0 Å². The van der Waals surface area contributed by atoms with Crippen LogP contribution in [-0.2, 0) is 9.53 Å². The van der Waals surface area contributed by atoms with Crippen LogP contribution in [0.15, 0.2) is 0 Å². The summed E-state index contributed by atoms with van der Waals surface area (Å²) in [6.07, 6.45) is 3.81. The van der Waals surface area contributed by atoms with Gasteiger partial charge in [0.1, 0.15) is 12.2 Å². The smallest absolute Gasteiger partial charge is 0.305 e. The minimum absolute atomic E-state index is 0.294. The van der Waals surface area contributed by atoms with Gasteiger partial charge in [0.2, 0.25) is 0 Å². The van der Waals surface area contributed by atoms with Crippen molar-refractivity contribution in [3.8, 4) is 0 Å². The minimum atomic E-state index is -0.983. The summed E-state index contributed by atoms with van der Waals surface area (Å²) in [7, 11) is 0. The predicted molar refractivity (Wildman–Crippen MR) is 59.6 cm³/mol. The van der Waals surface area contributed by atoms with Gasteiger partial charge in [0.05, 0.1) is 6.61 Å². The molecular formula is C12H21O4. The number of rotatable bonds is 5. The van der Waals surface area contributed by atoms with Crippen LogP contribution in [0, 0.1) is 5.92 Å². The molecule has 1 aliphatic carbocycles. The van der Waals surface area contributed by atoms with Gasteiger partial charge in [-0.2, -0.15) is 0 Å². The molecule has 0 bridgehead atoms. The fraction of sp³-hybridized carbons (Fsp3) is 0.833. The number of ether oxygens (including phenoxy) is 1. The molecule has 2 unspecified atom stereocenters. The number of hydrogen-bond acceptors (Lipinski definition) is 4. The topological polar surface area (TPSA) is 66.8 Å². The van der Waals surface area contributed by atoms with Crippen LogP contribution in [0.3, 0.4) is 0 Å². The van der Waals surface area contributed by atoms with E-state index < -0.39 is 12.2 Å². The van der Waals surface area contributed by atoms with E-state index >= 15 is 0 Å². The van der Waals surface area contributed by atoms with Crippen LogP contribution >= 0.6 is 0 Å². The maximum absolute atomic E-state index is 11.3. The summed E-state index contributed by atoms with van der Waals surface area (Å²) in [5, 5.41) is 18.6. The largest absolute Gasteiger partial charge is 0.459 e. The van der Waals surface area contributed by atoms with Crippen LogP contribution in [0.2, 0.25) is 0 Å². The quantitative estimate of drug-likeness (QED) is 0.695. The highest BCUT2D eigenvalue weighted by Crippen LogP contribution is 2.31. The lowest BCUT2D eigenvalue weighted by Crippen LogP contribution is -2.39. The summed E-state index contributed by atoms with van der Waals surface area (Å²) in [4.78, 5) is 11.3. The Morgan fingerprint density at radius 3 is 2.50 bits per heavy atom. The Morgan fingerprint density at radius 1 is 1.38 bits per heavy atom. The van der Waals surface area contributed by atoms with Crippen LogP contribution in [0.25, 0.3) is 0 Å². The maximum Gasteiger partial charge on any atom is 0.305 e. The molecule has 0 aromatic rings. The third-order valence-corrected chi connectivity index (χ3v) is 2.98. The molecule has 1 fully saturated rings. The number of hydrogen-bond donors (Lipinski definition) is 2. The molecule has 93 valence electrons. The fourth-order valence-corrected chi connectivity index (χ4v) is 2.05. The van der Waals surface area contributed by atoms with Gasteiger partial charge in [-0.25, -0.2) is 0 Å². The van der Waals surface area contributed by atoms with Gasteiger partial charge in [-0.1, -0.05) is 26.2 Å². The molecule has 0 amide bonds. The summed E-state index contributed by atoms with van der Waals surface area (Å²) in [5.41, 5.74) is 0. The van der Waals surface area contributed by atoms with Crippen molar-refractivity contribution in [1.29, 1.82) is 0 Å². The molecule has 1 rings (SSSR count). The zero-order chi connectivity index (χ0) is 12.0. The van der Waals surface area contributed by atoms with E-state index in [4.69, 9.17) is 9.84 Å². The average Bonchev–Trinajstić information content (AvgIpc) is 2.35. The second-order valence-corrected chi connectivity index (χ2v) is 4.23. The molecule has 2 N–H and O–H groups in total. The molecule has 1 saturated carbocycles. The number of carbonyl (C=O) groups is 1. The molecule has 0 aromatic heterocycles. The van der Waals surface area contributed by atoms with E-state index in [2.05, 4.69) is 0 Å². The van der Waals surface area contributed by atoms with Crippen molar-refractivity contribution in [2.45, 2.75) is 57.7 Å². The molecular weight excluding hydrogens is 208 g/mol. The molecule has 1 radical (unpaired) electrons. The lowest BCUT2D eigenvalue weighted by atomic mass is 9.83. The molecule has 4 heteroatoms. The first-order valence-electron chi connectivity index (χ1n) is 6.02. The van der Waals surface area contributed by atoms with E-state index in [1.807, 2.05) is 0 Å². The number of carbonyl (C=O) groups excluding carboxylic acids is 1. The van der Waals surface area contributed by atoms with Crippen molar-refractivity contribution in [3.05, 3.63) is 5.92 Å². The van der Waals surface area contributed by atoms with E-state index in [9.17, 15) is 9.90 Å². The van der Waals surface area contributed by atoms with Crippen LogP contribution in [0.5, 0.6) is 0 Å². The maximum atomic E-state index is 11.3. The summed E-state index contributed by atoms with van der Waals surface area (Å²) < 4.78 is 5.21. The van der Waals surface area contributed by atoms with Crippen molar-refractivity contribution >= 4 is 5.97 Å². The van der Waals surface area contributed by atoms with E-state index in [-0.39, 0.29) is 12.6 Å². The lowest BCUT2D eigenvalue weighted by Gasteiger charge is -2.31. The van der Waals surface area contributed by atoms with Crippen LogP contribution < -0.4 is 0 Å². The van der Waals surface area contributed by atoms with Crippen molar-refractivity contribution in [3.63, 3.8) is 0 Å². The van der Waals surface area contributed by atoms with Gasteiger partial charge in [0.25, 0.3) is 0 Å². The first-order chi connectivity index (χ1) is 7.69. The van der Waals surface area contributed by atoms with Gasteiger partial charge >= 0.3 is 5.97 Å². The Kier molecular flexibility index (Phi) is 5.77. The molecule has 0 spiro atoms. The molecule has 0 aromatic carbocycles. The highest BCUT2D eigenvalue weighted by atomic mass is 16.6. The molecule has 4 nitrogen and oxygen atoms in total. The normalized spacial score (nSPS) is 21.4. The number of aliphatic hydroxyl groups is 2.